The molecule has 2 N–H and O–H groups in total. The number of thiazole rings is 1. The molecule has 3 heterocycles. The van der Waals surface area contributed by atoms with E-state index >= 15 is 0 Å². The van der Waals surface area contributed by atoms with Crippen molar-refractivity contribution in [1.29, 1.82) is 0 Å². The summed E-state index contributed by atoms with van der Waals surface area (Å²) in [5, 5.41) is 10.3. The second kappa shape index (κ2) is 5.12. The highest BCUT2D eigenvalue weighted by molar-refractivity contribution is 7.22. The SMILES string of the molecule is O=C(Nc1nc2n[nH]c(-c3ccco3)c2s1)c1ccccc1. The van der Waals surface area contributed by atoms with Crippen LogP contribution in [0.1, 0.15) is 10.4 Å². The smallest absolute Gasteiger partial charge is 0.257 e. The predicted octanol–water partition coefficient (Wildman–Crippen LogP) is 3.53. The van der Waals surface area contributed by atoms with Gasteiger partial charge in [0.05, 0.1) is 6.26 Å². The van der Waals surface area contributed by atoms with Crippen molar-refractivity contribution in [1.82, 2.24) is 15.2 Å². The number of fused-ring (bicyclic) bond motifs is 1. The standard InChI is InChI=1S/C15H10N4O2S/c20-14(9-5-2-1-3-6-9)17-15-16-13-12(22-15)11(18-19-13)10-7-4-8-21-10/h1-8H,(H2,16,17,18,19,20). The molecule has 0 aliphatic rings. The Bertz CT molecular complexity index is 925. The number of nitrogens with one attached hydrogen (secondary N) is 2. The van der Waals surface area contributed by atoms with Crippen molar-refractivity contribution < 1.29 is 9.21 Å². The van der Waals surface area contributed by atoms with Crippen LogP contribution in [0.25, 0.3) is 21.8 Å². The Morgan fingerprint density at radius 2 is 2.05 bits per heavy atom. The number of carbonyl (C=O) groups is 1. The maximum Gasteiger partial charge on any atom is 0.257 e. The molecule has 1 aromatic carbocycles. The number of hydrogen-bond donors (Lipinski definition) is 2. The van der Waals surface area contributed by atoms with Gasteiger partial charge in [-0.25, -0.2) is 0 Å². The molecule has 7 heteroatoms. The highest BCUT2D eigenvalue weighted by atomic mass is 32.1. The molecular weight excluding hydrogens is 300 g/mol. The second-order valence-corrected chi connectivity index (χ2v) is 5.57. The van der Waals surface area contributed by atoms with Crippen molar-refractivity contribution in [2.24, 2.45) is 0 Å². The molecule has 0 spiro atoms. The fourth-order valence-electron chi connectivity index (χ4n) is 2.11. The molecular formula is C15H10N4O2S. The van der Waals surface area contributed by atoms with Gasteiger partial charge >= 0.3 is 0 Å². The van der Waals surface area contributed by atoms with Crippen LogP contribution in [0.2, 0.25) is 0 Å². The summed E-state index contributed by atoms with van der Waals surface area (Å²) in [5.41, 5.74) is 1.90. The summed E-state index contributed by atoms with van der Waals surface area (Å²) >= 11 is 1.35. The Kier molecular flexibility index (Phi) is 2.97. The molecule has 0 aliphatic carbocycles. The zero-order valence-electron chi connectivity index (χ0n) is 11.2. The average Bonchev–Trinajstić information content (AvgIpc) is 3.24. The van der Waals surface area contributed by atoms with E-state index in [2.05, 4.69) is 20.5 Å². The number of nitrogens with zero attached hydrogens (tertiary/aromatic N) is 2. The van der Waals surface area contributed by atoms with Gasteiger partial charge in [0.15, 0.2) is 16.5 Å². The quantitative estimate of drug-likeness (QED) is 0.606. The molecule has 0 unspecified atom stereocenters. The van der Waals surface area contributed by atoms with Crippen molar-refractivity contribution in [2.45, 2.75) is 0 Å². The van der Waals surface area contributed by atoms with Crippen LogP contribution >= 0.6 is 11.3 Å². The lowest BCUT2D eigenvalue weighted by atomic mass is 10.2. The van der Waals surface area contributed by atoms with Gasteiger partial charge in [-0.2, -0.15) is 10.1 Å². The number of hydrogen-bond acceptors (Lipinski definition) is 5. The van der Waals surface area contributed by atoms with Gasteiger partial charge in [-0.05, 0) is 24.3 Å². The van der Waals surface area contributed by atoms with Crippen LogP contribution in [-0.2, 0) is 0 Å². The van der Waals surface area contributed by atoms with E-state index in [9.17, 15) is 4.79 Å². The lowest BCUT2D eigenvalue weighted by Crippen LogP contribution is -2.11. The van der Waals surface area contributed by atoms with E-state index < -0.39 is 0 Å². The van der Waals surface area contributed by atoms with E-state index in [1.165, 1.54) is 11.3 Å². The van der Waals surface area contributed by atoms with Crippen molar-refractivity contribution in [2.75, 3.05) is 5.32 Å². The second-order valence-electron chi connectivity index (χ2n) is 4.57. The lowest BCUT2D eigenvalue weighted by Gasteiger charge is -2.00. The number of rotatable bonds is 3. The molecule has 4 aromatic rings. The van der Waals surface area contributed by atoms with Crippen molar-refractivity contribution in [3.8, 4) is 11.5 Å². The first-order chi connectivity index (χ1) is 10.8. The lowest BCUT2D eigenvalue weighted by molar-refractivity contribution is 0.102. The largest absolute Gasteiger partial charge is 0.463 e. The predicted molar refractivity (Wildman–Crippen MR) is 83.9 cm³/mol. The maximum absolute atomic E-state index is 12.1. The third kappa shape index (κ3) is 2.17. The molecule has 1 amide bonds. The number of carbonyl (C=O) groups excluding carboxylic acids is 1. The van der Waals surface area contributed by atoms with Gasteiger partial charge in [-0.3, -0.25) is 15.2 Å². The van der Waals surface area contributed by atoms with E-state index in [1.807, 2.05) is 24.3 Å². The molecule has 108 valence electrons. The van der Waals surface area contributed by atoms with E-state index in [4.69, 9.17) is 4.42 Å². The zero-order chi connectivity index (χ0) is 14.9. The number of benzene rings is 1. The normalized spacial score (nSPS) is 10.9. The molecule has 6 nitrogen and oxygen atoms in total. The number of aromatic nitrogens is 3. The Labute approximate surface area is 128 Å². The molecule has 0 saturated heterocycles. The molecule has 0 saturated carbocycles. The minimum absolute atomic E-state index is 0.194. The fourth-order valence-corrected chi connectivity index (χ4v) is 3.01. The summed E-state index contributed by atoms with van der Waals surface area (Å²) in [4.78, 5) is 16.4. The number of amides is 1. The number of H-pyrrole nitrogens is 1. The van der Waals surface area contributed by atoms with Crippen LogP contribution in [0.4, 0.5) is 5.13 Å². The molecule has 4 rings (SSSR count). The Balaban J connectivity index is 1.65. The van der Waals surface area contributed by atoms with Crippen LogP contribution in [0.5, 0.6) is 0 Å². The van der Waals surface area contributed by atoms with Crippen molar-refractivity contribution in [3.05, 3.63) is 54.3 Å². The van der Waals surface area contributed by atoms with Crippen molar-refractivity contribution >= 4 is 32.7 Å². The van der Waals surface area contributed by atoms with Crippen LogP contribution < -0.4 is 5.32 Å². The maximum atomic E-state index is 12.1. The van der Waals surface area contributed by atoms with Crippen LogP contribution in [0, 0.1) is 0 Å². The summed E-state index contributed by atoms with van der Waals surface area (Å²) in [6, 6.07) is 12.7. The van der Waals surface area contributed by atoms with Gasteiger partial charge in [0.2, 0.25) is 0 Å². The third-order valence-corrected chi connectivity index (χ3v) is 4.11. The van der Waals surface area contributed by atoms with Crippen LogP contribution in [0.15, 0.2) is 53.1 Å². The number of aromatic amines is 1. The molecule has 0 bridgehead atoms. The zero-order valence-corrected chi connectivity index (χ0v) is 12.1. The van der Waals surface area contributed by atoms with E-state index in [-0.39, 0.29) is 5.91 Å². The summed E-state index contributed by atoms with van der Waals surface area (Å²) in [7, 11) is 0. The molecule has 3 aromatic heterocycles. The molecule has 0 aliphatic heterocycles. The summed E-state index contributed by atoms with van der Waals surface area (Å²) in [6.07, 6.45) is 1.60. The highest BCUT2D eigenvalue weighted by Gasteiger charge is 2.16. The topological polar surface area (TPSA) is 83.8 Å². The first-order valence-corrected chi connectivity index (χ1v) is 7.38. The van der Waals surface area contributed by atoms with E-state index in [1.54, 1.807) is 24.5 Å². The Morgan fingerprint density at radius 3 is 2.82 bits per heavy atom. The molecule has 0 radical (unpaired) electrons. The Morgan fingerprint density at radius 1 is 1.18 bits per heavy atom. The van der Waals surface area contributed by atoms with Gasteiger partial charge < -0.3 is 4.42 Å². The third-order valence-electron chi connectivity index (χ3n) is 3.13. The Hall–Kier alpha value is -2.93. The molecule has 22 heavy (non-hydrogen) atoms. The van der Waals surface area contributed by atoms with Crippen LogP contribution in [0.3, 0.4) is 0 Å². The number of anilines is 1. The molecule has 0 atom stereocenters. The summed E-state index contributed by atoms with van der Waals surface area (Å²) in [6.45, 7) is 0. The molecule has 0 fully saturated rings. The van der Waals surface area contributed by atoms with Crippen LogP contribution in [-0.4, -0.2) is 21.1 Å². The van der Waals surface area contributed by atoms with Crippen molar-refractivity contribution in [3.63, 3.8) is 0 Å². The first kappa shape index (κ1) is 12.8. The monoisotopic (exact) mass is 310 g/mol. The summed E-state index contributed by atoms with van der Waals surface area (Å²) in [5.74, 6) is 0.493. The fraction of sp³-hybridized carbons (Fsp3) is 0. The highest BCUT2D eigenvalue weighted by Crippen LogP contribution is 2.33. The number of furan rings is 1. The summed E-state index contributed by atoms with van der Waals surface area (Å²) < 4.78 is 6.21. The first-order valence-electron chi connectivity index (χ1n) is 6.56. The minimum Gasteiger partial charge on any atom is -0.463 e. The minimum atomic E-state index is -0.194. The average molecular weight is 310 g/mol. The van der Waals surface area contributed by atoms with Gasteiger partial charge in [0.25, 0.3) is 5.91 Å². The van der Waals surface area contributed by atoms with Gasteiger partial charge in [-0.1, -0.05) is 29.5 Å². The van der Waals surface area contributed by atoms with Gasteiger partial charge in [-0.15, -0.1) is 0 Å². The van der Waals surface area contributed by atoms with E-state index in [0.29, 0.717) is 22.1 Å². The van der Waals surface area contributed by atoms with Gasteiger partial charge in [0.1, 0.15) is 10.4 Å². The van der Waals surface area contributed by atoms with Gasteiger partial charge in [0, 0.05) is 5.56 Å². The van der Waals surface area contributed by atoms with E-state index in [0.717, 1.165) is 10.4 Å².